The summed E-state index contributed by atoms with van der Waals surface area (Å²) < 4.78 is 1.75. The molecule has 4 rings (SSSR count). The average molecular weight is 247 g/mol. The van der Waals surface area contributed by atoms with Gasteiger partial charge in [0.2, 0.25) is 0 Å². The first-order valence-electron chi connectivity index (χ1n) is 6.10. The summed E-state index contributed by atoms with van der Waals surface area (Å²) in [7, 11) is 0. The van der Waals surface area contributed by atoms with Crippen molar-refractivity contribution < 1.29 is 0 Å². The van der Waals surface area contributed by atoms with E-state index in [1.54, 1.807) is 16.4 Å². The van der Waals surface area contributed by atoms with Crippen LogP contribution >= 0.6 is 11.3 Å². The first-order valence-corrected chi connectivity index (χ1v) is 6.98. The first-order chi connectivity index (χ1) is 8.31. The lowest BCUT2D eigenvalue weighted by atomic mass is 10.0. The zero-order valence-electron chi connectivity index (χ0n) is 9.37. The SMILES string of the molecule is O=c1c2ncsc2ncn1CC1CC2CC2C1. The molecule has 0 bridgehead atoms. The summed E-state index contributed by atoms with van der Waals surface area (Å²) >= 11 is 1.42. The topological polar surface area (TPSA) is 47.8 Å². The van der Waals surface area contributed by atoms with Gasteiger partial charge in [-0.1, -0.05) is 0 Å². The summed E-state index contributed by atoms with van der Waals surface area (Å²) in [6.07, 6.45) is 5.71. The van der Waals surface area contributed by atoms with Crippen molar-refractivity contribution in [2.75, 3.05) is 0 Å². The molecule has 0 aromatic carbocycles. The molecule has 17 heavy (non-hydrogen) atoms. The Bertz CT molecular complexity index is 622. The third-order valence-electron chi connectivity index (χ3n) is 4.12. The van der Waals surface area contributed by atoms with Gasteiger partial charge in [0.1, 0.15) is 0 Å². The van der Waals surface area contributed by atoms with Crippen LogP contribution in [-0.4, -0.2) is 14.5 Å². The van der Waals surface area contributed by atoms with Gasteiger partial charge >= 0.3 is 0 Å². The molecule has 5 heteroatoms. The summed E-state index contributed by atoms with van der Waals surface area (Å²) in [4.78, 5) is 21.3. The molecule has 2 saturated carbocycles. The van der Waals surface area contributed by atoms with Crippen molar-refractivity contribution in [3.63, 3.8) is 0 Å². The van der Waals surface area contributed by atoms with E-state index in [-0.39, 0.29) is 5.56 Å². The summed E-state index contributed by atoms with van der Waals surface area (Å²) in [5.74, 6) is 2.60. The van der Waals surface area contributed by atoms with Gasteiger partial charge in [0, 0.05) is 6.54 Å². The highest BCUT2D eigenvalue weighted by Gasteiger charge is 2.45. The molecule has 2 heterocycles. The molecular weight excluding hydrogens is 234 g/mol. The van der Waals surface area contributed by atoms with Crippen molar-refractivity contribution in [1.29, 1.82) is 0 Å². The van der Waals surface area contributed by atoms with Gasteiger partial charge in [-0.05, 0) is 37.0 Å². The Morgan fingerprint density at radius 1 is 1.29 bits per heavy atom. The fourth-order valence-corrected chi connectivity index (χ4v) is 3.80. The van der Waals surface area contributed by atoms with Crippen LogP contribution in [0.1, 0.15) is 19.3 Å². The van der Waals surface area contributed by atoms with Crippen molar-refractivity contribution in [1.82, 2.24) is 14.5 Å². The maximum Gasteiger partial charge on any atom is 0.280 e. The van der Waals surface area contributed by atoms with E-state index in [2.05, 4.69) is 9.97 Å². The van der Waals surface area contributed by atoms with Crippen LogP contribution in [0.15, 0.2) is 16.6 Å². The molecule has 4 nitrogen and oxygen atoms in total. The lowest BCUT2D eigenvalue weighted by molar-refractivity contribution is 0.409. The second-order valence-corrected chi connectivity index (χ2v) is 6.13. The van der Waals surface area contributed by atoms with E-state index in [0.717, 1.165) is 23.2 Å². The summed E-state index contributed by atoms with van der Waals surface area (Å²) in [6, 6.07) is 0. The Labute approximate surface area is 102 Å². The molecule has 2 fully saturated rings. The van der Waals surface area contributed by atoms with E-state index in [1.165, 1.54) is 30.6 Å². The van der Waals surface area contributed by atoms with Crippen LogP contribution in [0.4, 0.5) is 0 Å². The minimum atomic E-state index is 0.0248. The molecule has 0 radical (unpaired) electrons. The van der Waals surface area contributed by atoms with Crippen LogP contribution in [0.3, 0.4) is 0 Å². The highest BCUT2D eigenvalue weighted by Crippen LogP contribution is 2.54. The van der Waals surface area contributed by atoms with Crippen LogP contribution in [0.2, 0.25) is 0 Å². The predicted octanol–water partition coefficient (Wildman–Crippen LogP) is 1.90. The van der Waals surface area contributed by atoms with Crippen molar-refractivity contribution in [2.24, 2.45) is 17.8 Å². The molecular formula is C12H13N3OS. The van der Waals surface area contributed by atoms with E-state index in [0.29, 0.717) is 11.4 Å². The monoisotopic (exact) mass is 247 g/mol. The fourth-order valence-electron chi connectivity index (χ4n) is 3.19. The molecule has 0 N–H and O–H groups in total. The molecule has 2 aliphatic rings. The van der Waals surface area contributed by atoms with E-state index >= 15 is 0 Å². The van der Waals surface area contributed by atoms with Crippen molar-refractivity contribution in [3.8, 4) is 0 Å². The minimum Gasteiger partial charge on any atom is -0.297 e. The number of thiazole rings is 1. The van der Waals surface area contributed by atoms with Gasteiger partial charge < -0.3 is 0 Å². The number of hydrogen-bond donors (Lipinski definition) is 0. The largest absolute Gasteiger partial charge is 0.297 e. The molecule has 88 valence electrons. The first kappa shape index (κ1) is 9.76. The van der Waals surface area contributed by atoms with E-state index in [4.69, 9.17) is 0 Å². The van der Waals surface area contributed by atoms with Gasteiger partial charge in [-0.15, -0.1) is 11.3 Å². The second-order valence-electron chi connectivity index (χ2n) is 5.30. The number of aromatic nitrogens is 3. The number of rotatable bonds is 2. The highest BCUT2D eigenvalue weighted by atomic mass is 32.1. The number of nitrogens with zero attached hydrogens (tertiary/aromatic N) is 3. The Morgan fingerprint density at radius 2 is 2.12 bits per heavy atom. The summed E-state index contributed by atoms with van der Waals surface area (Å²) in [5, 5.41) is 0. The minimum absolute atomic E-state index is 0.0248. The lowest BCUT2D eigenvalue weighted by Gasteiger charge is -2.12. The van der Waals surface area contributed by atoms with E-state index < -0.39 is 0 Å². The Hall–Kier alpha value is -1.23. The summed E-state index contributed by atoms with van der Waals surface area (Å²) in [6.45, 7) is 0.826. The zero-order valence-corrected chi connectivity index (χ0v) is 10.2. The zero-order chi connectivity index (χ0) is 11.4. The normalized spacial score (nSPS) is 30.7. The van der Waals surface area contributed by atoms with Crippen molar-refractivity contribution in [3.05, 3.63) is 22.2 Å². The molecule has 0 amide bonds. The van der Waals surface area contributed by atoms with Crippen LogP contribution in [0.5, 0.6) is 0 Å². The van der Waals surface area contributed by atoms with Gasteiger partial charge in [0.15, 0.2) is 10.3 Å². The molecule has 0 saturated heterocycles. The molecule has 2 aromatic rings. The highest BCUT2D eigenvalue weighted by molar-refractivity contribution is 7.16. The lowest BCUT2D eigenvalue weighted by Crippen LogP contribution is -2.24. The Kier molecular flexibility index (Phi) is 1.94. The van der Waals surface area contributed by atoms with Crippen LogP contribution in [0, 0.1) is 17.8 Å². The van der Waals surface area contributed by atoms with Crippen molar-refractivity contribution in [2.45, 2.75) is 25.8 Å². The van der Waals surface area contributed by atoms with Gasteiger partial charge in [-0.2, -0.15) is 0 Å². The quantitative estimate of drug-likeness (QED) is 0.814. The number of hydrogen-bond acceptors (Lipinski definition) is 4. The Balaban J connectivity index is 1.66. The van der Waals surface area contributed by atoms with Crippen molar-refractivity contribution >= 4 is 21.7 Å². The molecule has 2 atom stereocenters. The predicted molar refractivity (Wildman–Crippen MR) is 66.0 cm³/mol. The maximum absolute atomic E-state index is 12.1. The smallest absolute Gasteiger partial charge is 0.280 e. The van der Waals surface area contributed by atoms with Gasteiger partial charge in [0.05, 0.1) is 11.8 Å². The molecule has 2 unspecified atom stereocenters. The van der Waals surface area contributed by atoms with Crippen LogP contribution in [-0.2, 0) is 6.54 Å². The Morgan fingerprint density at radius 3 is 2.94 bits per heavy atom. The van der Waals surface area contributed by atoms with Crippen LogP contribution in [0.25, 0.3) is 10.3 Å². The fraction of sp³-hybridized carbons (Fsp3) is 0.583. The van der Waals surface area contributed by atoms with E-state index in [1.807, 2.05) is 0 Å². The third-order valence-corrected chi connectivity index (χ3v) is 4.86. The van der Waals surface area contributed by atoms with Crippen LogP contribution < -0.4 is 5.56 Å². The van der Waals surface area contributed by atoms with Gasteiger partial charge in [-0.25, -0.2) is 9.97 Å². The van der Waals surface area contributed by atoms with Gasteiger partial charge in [0.25, 0.3) is 5.56 Å². The molecule has 0 aliphatic heterocycles. The maximum atomic E-state index is 12.1. The standard InChI is InChI=1S/C12H13N3OS/c16-12-10-11(17-6-14-10)13-5-15(12)4-7-1-8-3-9(8)2-7/h5-9H,1-4H2. The average Bonchev–Trinajstić information content (AvgIpc) is 2.80. The second kappa shape index (κ2) is 3.38. The number of fused-ring (bicyclic) bond motifs is 2. The van der Waals surface area contributed by atoms with Gasteiger partial charge in [-0.3, -0.25) is 9.36 Å². The van der Waals surface area contributed by atoms with E-state index in [9.17, 15) is 4.79 Å². The molecule has 0 spiro atoms. The molecule has 2 aromatic heterocycles. The third kappa shape index (κ3) is 1.52. The molecule has 2 aliphatic carbocycles. The summed E-state index contributed by atoms with van der Waals surface area (Å²) in [5.41, 5.74) is 2.24.